The van der Waals surface area contributed by atoms with E-state index in [1.165, 1.54) is 0 Å². The average Bonchev–Trinajstić information content (AvgIpc) is 2.87. The second kappa shape index (κ2) is 7.73. The molecule has 1 aromatic rings. The van der Waals surface area contributed by atoms with E-state index in [-0.39, 0.29) is 35.4 Å². The molecule has 4 heterocycles. The van der Waals surface area contributed by atoms with Gasteiger partial charge in [-0.1, -0.05) is 19.8 Å². The van der Waals surface area contributed by atoms with Gasteiger partial charge in [0.05, 0.1) is 19.3 Å². The van der Waals surface area contributed by atoms with Crippen molar-refractivity contribution < 1.29 is 14.3 Å². The predicted octanol–water partition coefficient (Wildman–Crippen LogP) is 2.02. The second-order valence-electron chi connectivity index (χ2n) is 9.86. The Hall–Kier alpha value is -2.22. The fraction of sp³-hybridized carbons (Fsp3) is 0.739. The number of ether oxygens (including phenoxy) is 1. The topological polar surface area (TPSA) is 78.9 Å². The third-order valence-corrected chi connectivity index (χ3v) is 7.91. The second-order valence-corrected chi connectivity index (χ2v) is 9.86. The van der Waals surface area contributed by atoms with Crippen molar-refractivity contribution in [2.75, 3.05) is 37.7 Å². The number of likely N-dealkylation sites (tertiary alicyclic amines) is 2. The molecule has 4 fully saturated rings. The third-order valence-electron chi connectivity index (χ3n) is 7.91. The molecule has 168 valence electrons. The maximum absolute atomic E-state index is 13.9. The Balaban J connectivity index is 1.49. The SMILES string of the molecule is CC(=O)N1C[C@@H]2C[C@@]3(C)[C@H](CCCC[C@@H]13)N2C(=O)c1cc(C)nc(N2CCOCC2)n1. The molecule has 1 aliphatic carbocycles. The maximum atomic E-state index is 13.9. The largest absolute Gasteiger partial charge is 0.378 e. The minimum Gasteiger partial charge on any atom is -0.378 e. The normalized spacial score (nSPS) is 32.7. The summed E-state index contributed by atoms with van der Waals surface area (Å²) in [5, 5.41) is 0. The van der Waals surface area contributed by atoms with Crippen molar-refractivity contribution in [3.63, 3.8) is 0 Å². The molecule has 1 aromatic heterocycles. The maximum Gasteiger partial charge on any atom is 0.273 e. The molecule has 8 nitrogen and oxygen atoms in total. The summed E-state index contributed by atoms with van der Waals surface area (Å²) in [5.41, 5.74) is 1.23. The number of amides is 2. The Morgan fingerprint density at radius 2 is 1.84 bits per heavy atom. The van der Waals surface area contributed by atoms with Gasteiger partial charge in [-0.15, -0.1) is 0 Å². The lowest BCUT2D eigenvalue weighted by Gasteiger charge is -2.46. The Kier molecular flexibility index (Phi) is 5.15. The van der Waals surface area contributed by atoms with Gasteiger partial charge in [0.15, 0.2) is 0 Å². The van der Waals surface area contributed by atoms with Crippen LogP contribution < -0.4 is 4.90 Å². The third kappa shape index (κ3) is 3.39. The van der Waals surface area contributed by atoms with E-state index in [9.17, 15) is 9.59 Å². The van der Waals surface area contributed by atoms with Crippen LogP contribution in [0.25, 0.3) is 0 Å². The molecule has 1 saturated carbocycles. The highest BCUT2D eigenvalue weighted by atomic mass is 16.5. The Morgan fingerprint density at radius 3 is 2.55 bits per heavy atom. The lowest BCUT2D eigenvalue weighted by atomic mass is 9.71. The van der Waals surface area contributed by atoms with Crippen LogP contribution in [0.4, 0.5) is 5.95 Å². The Morgan fingerprint density at radius 1 is 1.13 bits per heavy atom. The molecule has 0 unspecified atom stereocenters. The number of anilines is 1. The fourth-order valence-electron chi connectivity index (χ4n) is 6.52. The monoisotopic (exact) mass is 427 g/mol. The number of nitrogens with zero attached hydrogens (tertiary/aromatic N) is 5. The van der Waals surface area contributed by atoms with E-state index in [1.54, 1.807) is 6.92 Å². The van der Waals surface area contributed by atoms with Crippen LogP contribution in [0.15, 0.2) is 6.07 Å². The van der Waals surface area contributed by atoms with Crippen molar-refractivity contribution in [3.8, 4) is 0 Å². The van der Waals surface area contributed by atoms with Crippen LogP contribution in [0, 0.1) is 12.3 Å². The summed E-state index contributed by atoms with van der Waals surface area (Å²) >= 11 is 0. The highest BCUT2D eigenvalue weighted by Crippen LogP contribution is 2.53. The standard InChI is InChI=1S/C23H33N5O3/c1-15-12-18(25-22(24-15)26-8-10-31-11-9-26)21(30)28-17-13-23(3)19(27(14-17)16(2)29)6-4-5-7-20(23)28/h12,17,19-20H,4-11,13-14H2,1-3H3/t17-,19+,20-,23+/m0/s1. The van der Waals surface area contributed by atoms with Crippen molar-refractivity contribution in [2.45, 2.75) is 71.0 Å². The lowest BCUT2D eigenvalue weighted by Crippen LogP contribution is -2.55. The smallest absolute Gasteiger partial charge is 0.273 e. The van der Waals surface area contributed by atoms with E-state index in [0.717, 1.165) is 50.9 Å². The van der Waals surface area contributed by atoms with Crippen LogP contribution in [0.2, 0.25) is 0 Å². The predicted molar refractivity (Wildman–Crippen MR) is 116 cm³/mol. The van der Waals surface area contributed by atoms with Crippen LogP contribution in [0.5, 0.6) is 0 Å². The zero-order chi connectivity index (χ0) is 21.8. The first-order chi connectivity index (χ1) is 14.9. The zero-order valence-corrected chi connectivity index (χ0v) is 18.8. The number of morpholine rings is 1. The van der Waals surface area contributed by atoms with Crippen molar-refractivity contribution in [1.29, 1.82) is 0 Å². The summed E-state index contributed by atoms with van der Waals surface area (Å²) in [4.78, 5) is 41.9. The number of piperidine rings is 1. The summed E-state index contributed by atoms with van der Waals surface area (Å²) in [6.45, 7) is 9.30. The molecule has 0 N–H and O–H groups in total. The van der Waals surface area contributed by atoms with Gasteiger partial charge in [0, 0.05) is 49.8 Å². The fourth-order valence-corrected chi connectivity index (χ4v) is 6.52. The molecule has 4 aliphatic rings. The summed E-state index contributed by atoms with van der Waals surface area (Å²) in [5.74, 6) is 0.734. The average molecular weight is 428 g/mol. The highest BCUT2D eigenvalue weighted by Gasteiger charge is 2.60. The van der Waals surface area contributed by atoms with Gasteiger partial charge in [-0.05, 0) is 32.3 Å². The number of aromatic nitrogens is 2. The van der Waals surface area contributed by atoms with Crippen molar-refractivity contribution >= 4 is 17.8 Å². The van der Waals surface area contributed by atoms with Gasteiger partial charge in [-0.2, -0.15) is 0 Å². The van der Waals surface area contributed by atoms with Gasteiger partial charge in [-0.3, -0.25) is 9.59 Å². The lowest BCUT2D eigenvalue weighted by molar-refractivity contribution is -0.136. The van der Waals surface area contributed by atoms with Crippen LogP contribution >= 0.6 is 0 Å². The summed E-state index contributed by atoms with van der Waals surface area (Å²) in [6.07, 6.45) is 5.22. The number of aryl methyl sites for hydroxylation is 1. The molecule has 5 rings (SSSR count). The van der Waals surface area contributed by atoms with Crippen molar-refractivity contribution in [1.82, 2.24) is 19.8 Å². The number of hydrogen-bond donors (Lipinski definition) is 0. The van der Waals surface area contributed by atoms with Gasteiger partial charge in [-0.25, -0.2) is 9.97 Å². The molecule has 2 bridgehead atoms. The summed E-state index contributed by atoms with van der Waals surface area (Å²) in [7, 11) is 0. The van der Waals surface area contributed by atoms with Gasteiger partial charge in [0.1, 0.15) is 5.69 Å². The first kappa shape index (κ1) is 20.7. The molecule has 2 amide bonds. The molecule has 8 heteroatoms. The van der Waals surface area contributed by atoms with E-state index in [1.807, 2.05) is 17.9 Å². The van der Waals surface area contributed by atoms with Crippen LogP contribution in [-0.4, -0.2) is 82.6 Å². The minimum atomic E-state index is -0.0458. The number of hydrogen-bond acceptors (Lipinski definition) is 6. The molecule has 3 aliphatic heterocycles. The molecule has 0 aromatic carbocycles. The summed E-state index contributed by atoms with van der Waals surface area (Å²) in [6, 6.07) is 2.25. The first-order valence-electron chi connectivity index (χ1n) is 11.7. The van der Waals surface area contributed by atoms with E-state index in [4.69, 9.17) is 9.72 Å². The van der Waals surface area contributed by atoms with Crippen molar-refractivity contribution in [2.24, 2.45) is 5.41 Å². The molecule has 3 saturated heterocycles. The molecule has 31 heavy (non-hydrogen) atoms. The van der Waals surface area contributed by atoms with E-state index < -0.39 is 0 Å². The molecule has 4 atom stereocenters. The minimum absolute atomic E-state index is 0.00946. The van der Waals surface area contributed by atoms with Gasteiger partial charge >= 0.3 is 0 Å². The number of rotatable bonds is 2. The van der Waals surface area contributed by atoms with Gasteiger partial charge in [0.2, 0.25) is 11.9 Å². The van der Waals surface area contributed by atoms with Gasteiger partial charge in [0.25, 0.3) is 5.91 Å². The number of carbonyl (C=O) groups excluding carboxylic acids is 2. The number of fused-ring (bicyclic) bond motifs is 1. The molecular weight excluding hydrogens is 394 g/mol. The first-order valence-corrected chi connectivity index (χ1v) is 11.7. The quantitative estimate of drug-likeness (QED) is 0.719. The molecule has 0 radical (unpaired) electrons. The number of carbonyl (C=O) groups is 2. The summed E-state index contributed by atoms with van der Waals surface area (Å²) < 4.78 is 5.45. The van der Waals surface area contributed by atoms with Crippen LogP contribution in [0.3, 0.4) is 0 Å². The van der Waals surface area contributed by atoms with E-state index >= 15 is 0 Å². The molecule has 0 spiro atoms. The zero-order valence-electron chi connectivity index (χ0n) is 18.8. The van der Waals surface area contributed by atoms with Crippen LogP contribution in [0.1, 0.15) is 62.1 Å². The van der Waals surface area contributed by atoms with E-state index in [2.05, 4.69) is 21.7 Å². The van der Waals surface area contributed by atoms with Gasteiger partial charge < -0.3 is 19.4 Å². The van der Waals surface area contributed by atoms with Crippen LogP contribution in [-0.2, 0) is 9.53 Å². The van der Waals surface area contributed by atoms with Crippen molar-refractivity contribution in [3.05, 3.63) is 17.5 Å². The van der Waals surface area contributed by atoms with E-state index in [0.29, 0.717) is 31.4 Å². The highest BCUT2D eigenvalue weighted by molar-refractivity contribution is 5.93. The molecular formula is C23H33N5O3. The Labute approximate surface area is 183 Å². The Bertz CT molecular complexity index is 886.